The van der Waals surface area contributed by atoms with E-state index in [1.54, 1.807) is 0 Å². The van der Waals surface area contributed by atoms with Crippen molar-refractivity contribution in [1.82, 2.24) is 10.2 Å². The highest BCUT2D eigenvalue weighted by Crippen LogP contribution is 2.39. The van der Waals surface area contributed by atoms with Crippen LogP contribution in [0.1, 0.15) is 51.9 Å². The lowest BCUT2D eigenvalue weighted by atomic mass is 9.75. The molecule has 0 unspecified atom stereocenters. The molecule has 3 nitrogen and oxygen atoms in total. The largest absolute Gasteiger partial charge is 0.342 e. The van der Waals surface area contributed by atoms with Gasteiger partial charge in [0.15, 0.2) is 0 Å². The Balaban J connectivity index is 1.68. The van der Waals surface area contributed by atoms with Gasteiger partial charge < -0.3 is 10.2 Å². The number of nitrogens with one attached hydrogen (secondary N) is 1. The van der Waals surface area contributed by atoms with Crippen molar-refractivity contribution in [3.05, 3.63) is 0 Å². The molecule has 1 N–H and O–H groups in total. The minimum atomic E-state index is -0.0466. The molecule has 0 aromatic heterocycles. The first-order chi connectivity index (χ1) is 9.23. The fourth-order valence-corrected chi connectivity index (χ4v) is 3.42. The molecular weight excluding hydrogens is 236 g/mol. The van der Waals surface area contributed by atoms with Crippen LogP contribution < -0.4 is 5.32 Å². The minimum Gasteiger partial charge on any atom is -0.342 e. The zero-order chi connectivity index (χ0) is 13.3. The van der Waals surface area contributed by atoms with Gasteiger partial charge in [-0.1, -0.05) is 6.92 Å². The average molecular weight is 264 g/mol. The molecule has 0 aromatic carbocycles. The Bertz CT molecular complexity index is 314. The van der Waals surface area contributed by atoms with Crippen molar-refractivity contribution in [3.8, 4) is 0 Å². The summed E-state index contributed by atoms with van der Waals surface area (Å²) >= 11 is 0. The second-order valence-corrected chi connectivity index (χ2v) is 6.98. The highest BCUT2D eigenvalue weighted by atomic mass is 16.2. The fraction of sp³-hybridized carbons (Fsp3) is 0.938. The Labute approximate surface area is 117 Å². The van der Waals surface area contributed by atoms with Crippen LogP contribution in [0.4, 0.5) is 0 Å². The topological polar surface area (TPSA) is 32.3 Å². The molecule has 19 heavy (non-hydrogen) atoms. The van der Waals surface area contributed by atoms with E-state index in [1.165, 1.54) is 25.7 Å². The van der Waals surface area contributed by atoms with Crippen molar-refractivity contribution >= 4 is 5.91 Å². The maximum Gasteiger partial charge on any atom is 0.228 e. The Morgan fingerprint density at radius 1 is 1.11 bits per heavy atom. The predicted molar refractivity (Wildman–Crippen MR) is 76.9 cm³/mol. The molecule has 3 fully saturated rings. The summed E-state index contributed by atoms with van der Waals surface area (Å²) in [5, 5.41) is 3.40. The summed E-state index contributed by atoms with van der Waals surface area (Å²) < 4.78 is 0. The fourth-order valence-electron chi connectivity index (χ4n) is 3.42. The molecule has 2 aliphatic carbocycles. The van der Waals surface area contributed by atoms with Gasteiger partial charge in [-0.2, -0.15) is 0 Å². The van der Waals surface area contributed by atoms with Crippen molar-refractivity contribution in [2.24, 2.45) is 17.3 Å². The van der Waals surface area contributed by atoms with E-state index in [1.807, 2.05) is 0 Å². The van der Waals surface area contributed by atoms with E-state index in [0.717, 1.165) is 57.3 Å². The van der Waals surface area contributed by atoms with E-state index in [4.69, 9.17) is 0 Å². The maximum absolute atomic E-state index is 13.1. The van der Waals surface area contributed by atoms with Crippen LogP contribution in [0.15, 0.2) is 0 Å². The molecule has 3 heteroatoms. The van der Waals surface area contributed by atoms with E-state index < -0.39 is 0 Å². The summed E-state index contributed by atoms with van der Waals surface area (Å²) in [5.74, 6) is 2.12. The number of piperidine rings is 1. The van der Waals surface area contributed by atoms with Gasteiger partial charge in [0.05, 0.1) is 5.41 Å². The van der Waals surface area contributed by atoms with Crippen LogP contribution in [-0.4, -0.2) is 37.0 Å². The normalized spacial score (nSPS) is 26.2. The second kappa shape index (κ2) is 5.43. The van der Waals surface area contributed by atoms with Gasteiger partial charge in [-0.3, -0.25) is 4.79 Å². The quantitative estimate of drug-likeness (QED) is 0.799. The molecule has 3 rings (SSSR count). The number of hydrogen-bond donors (Lipinski definition) is 1. The number of amides is 1. The van der Waals surface area contributed by atoms with Crippen molar-refractivity contribution in [1.29, 1.82) is 0 Å². The zero-order valence-electron chi connectivity index (χ0n) is 12.3. The molecule has 0 bridgehead atoms. The molecule has 0 spiro atoms. The van der Waals surface area contributed by atoms with Crippen molar-refractivity contribution in [2.75, 3.05) is 26.2 Å². The van der Waals surface area contributed by atoms with E-state index in [9.17, 15) is 4.79 Å². The van der Waals surface area contributed by atoms with Crippen LogP contribution in [0.5, 0.6) is 0 Å². The third-order valence-corrected chi connectivity index (χ3v) is 5.33. The van der Waals surface area contributed by atoms with Gasteiger partial charge in [0.1, 0.15) is 0 Å². The Morgan fingerprint density at radius 3 is 2.05 bits per heavy atom. The molecule has 1 saturated heterocycles. The lowest BCUT2D eigenvalue weighted by Crippen LogP contribution is -2.50. The van der Waals surface area contributed by atoms with E-state index >= 15 is 0 Å². The molecule has 0 atom stereocenters. The summed E-state index contributed by atoms with van der Waals surface area (Å²) in [5.41, 5.74) is -0.0466. The lowest BCUT2D eigenvalue weighted by Gasteiger charge is -2.39. The number of nitrogens with zero attached hydrogens (tertiary/aromatic N) is 1. The second-order valence-electron chi connectivity index (χ2n) is 6.98. The minimum absolute atomic E-state index is 0.0466. The molecule has 0 aromatic rings. The monoisotopic (exact) mass is 264 g/mol. The van der Waals surface area contributed by atoms with Crippen LogP contribution in [0.2, 0.25) is 0 Å². The lowest BCUT2D eigenvalue weighted by molar-refractivity contribution is -0.144. The van der Waals surface area contributed by atoms with Crippen LogP contribution in [-0.2, 0) is 4.79 Å². The molecule has 108 valence electrons. The van der Waals surface area contributed by atoms with E-state index in [2.05, 4.69) is 17.1 Å². The maximum atomic E-state index is 13.1. The van der Waals surface area contributed by atoms with Gasteiger partial charge in [-0.25, -0.2) is 0 Å². The van der Waals surface area contributed by atoms with Crippen LogP contribution in [0.25, 0.3) is 0 Å². The van der Waals surface area contributed by atoms with Crippen molar-refractivity contribution < 1.29 is 4.79 Å². The van der Waals surface area contributed by atoms with Gasteiger partial charge >= 0.3 is 0 Å². The SMILES string of the molecule is CCC1(C(=O)N(CC2CC2)CC2CC2)CCNCC1. The first-order valence-corrected chi connectivity index (χ1v) is 8.23. The molecule has 2 saturated carbocycles. The number of carbonyl (C=O) groups is 1. The van der Waals surface area contributed by atoms with Gasteiger partial charge in [-0.15, -0.1) is 0 Å². The number of carbonyl (C=O) groups excluding carboxylic acids is 1. The Hall–Kier alpha value is -0.570. The predicted octanol–water partition coefficient (Wildman–Crippen LogP) is 2.41. The highest BCUT2D eigenvalue weighted by molar-refractivity contribution is 5.83. The van der Waals surface area contributed by atoms with Crippen LogP contribution in [0.3, 0.4) is 0 Å². The van der Waals surface area contributed by atoms with E-state index in [0.29, 0.717) is 5.91 Å². The summed E-state index contributed by atoms with van der Waals surface area (Å²) in [6.07, 6.45) is 8.45. The van der Waals surface area contributed by atoms with Crippen molar-refractivity contribution in [2.45, 2.75) is 51.9 Å². The first-order valence-electron chi connectivity index (χ1n) is 8.23. The van der Waals surface area contributed by atoms with Crippen molar-refractivity contribution in [3.63, 3.8) is 0 Å². The zero-order valence-corrected chi connectivity index (χ0v) is 12.3. The third-order valence-electron chi connectivity index (χ3n) is 5.33. The molecule has 3 aliphatic rings. The molecule has 1 heterocycles. The molecule has 1 aliphatic heterocycles. The Morgan fingerprint density at radius 2 is 1.63 bits per heavy atom. The average Bonchev–Trinajstić information content (AvgIpc) is 3.33. The van der Waals surface area contributed by atoms with E-state index in [-0.39, 0.29) is 5.41 Å². The summed E-state index contributed by atoms with van der Waals surface area (Å²) in [6.45, 7) is 6.32. The van der Waals surface area contributed by atoms with Crippen LogP contribution >= 0.6 is 0 Å². The smallest absolute Gasteiger partial charge is 0.228 e. The molecule has 0 radical (unpaired) electrons. The van der Waals surface area contributed by atoms with Gasteiger partial charge in [-0.05, 0) is 69.9 Å². The van der Waals surface area contributed by atoms with Gasteiger partial charge in [0.2, 0.25) is 5.91 Å². The van der Waals surface area contributed by atoms with Gasteiger partial charge in [0, 0.05) is 13.1 Å². The summed E-state index contributed by atoms with van der Waals surface area (Å²) in [6, 6.07) is 0. The number of rotatable bonds is 6. The standard InChI is InChI=1S/C16H28N2O/c1-2-16(7-9-17-10-8-16)15(19)18(11-13-3-4-13)12-14-5-6-14/h13-14,17H,2-12H2,1H3. The number of hydrogen-bond acceptors (Lipinski definition) is 2. The highest BCUT2D eigenvalue weighted by Gasteiger charge is 2.42. The first kappa shape index (κ1) is 13.4. The summed E-state index contributed by atoms with van der Waals surface area (Å²) in [7, 11) is 0. The molecular formula is C16H28N2O. The summed E-state index contributed by atoms with van der Waals surface area (Å²) in [4.78, 5) is 15.3. The Kier molecular flexibility index (Phi) is 3.84. The molecule has 1 amide bonds. The van der Waals surface area contributed by atoms with Gasteiger partial charge in [0.25, 0.3) is 0 Å². The van der Waals surface area contributed by atoms with Crippen LogP contribution in [0, 0.1) is 17.3 Å². The third kappa shape index (κ3) is 3.13.